The van der Waals surface area contributed by atoms with Crippen molar-refractivity contribution in [2.75, 3.05) is 20.2 Å². The van der Waals surface area contributed by atoms with E-state index < -0.39 is 16.0 Å². The molecule has 0 radical (unpaired) electrons. The smallest absolute Gasteiger partial charge is 0.307 e. The Kier molecular flexibility index (Phi) is 5.77. The third-order valence-electron chi connectivity index (χ3n) is 2.17. The summed E-state index contributed by atoms with van der Waals surface area (Å²) >= 11 is 4.32. The fourth-order valence-electron chi connectivity index (χ4n) is 1.21. The molecule has 1 aromatic rings. The Morgan fingerprint density at radius 2 is 2.22 bits per heavy atom. The van der Waals surface area contributed by atoms with Crippen LogP contribution in [0.25, 0.3) is 0 Å². The number of carbonyl (C=O) groups excluding carboxylic acids is 1. The molecule has 0 aliphatic carbocycles. The second kappa shape index (κ2) is 6.65. The van der Waals surface area contributed by atoms with Crippen molar-refractivity contribution < 1.29 is 17.9 Å². The van der Waals surface area contributed by atoms with E-state index in [2.05, 4.69) is 15.9 Å². The van der Waals surface area contributed by atoms with Gasteiger partial charge in [-0.2, -0.15) is 4.31 Å². The monoisotopic (exact) mass is 355 g/mol. The summed E-state index contributed by atoms with van der Waals surface area (Å²) in [6.45, 7) is 2.11. The average Bonchev–Trinajstić information content (AvgIpc) is 2.73. The highest BCUT2D eigenvalue weighted by Crippen LogP contribution is 2.29. The van der Waals surface area contributed by atoms with Crippen molar-refractivity contribution in [3.8, 4) is 0 Å². The van der Waals surface area contributed by atoms with E-state index in [1.165, 1.54) is 7.05 Å². The van der Waals surface area contributed by atoms with Gasteiger partial charge in [0.05, 0.1) is 13.0 Å². The van der Waals surface area contributed by atoms with Crippen molar-refractivity contribution >= 4 is 43.3 Å². The predicted octanol–water partition coefficient (Wildman–Crippen LogP) is 2.08. The number of hydrogen-bond donors (Lipinski definition) is 0. The van der Waals surface area contributed by atoms with Gasteiger partial charge in [0.1, 0.15) is 4.21 Å². The van der Waals surface area contributed by atoms with Crippen molar-refractivity contribution in [3.63, 3.8) is 0 Å². The summed E-state index contributed by atoms with van der Waals surface area (Å²) in [5.74, 6) is -0.398. The van der Waals surface area contributed by atoms with Crippen LogP contribution in [-0.4, -0.2) is 38.9 Å². The number of rotatable bonds is 6. The average molecular weight is 356 g/mol. The molecule has 0 N–H and O–H groups in total. The van der Waals surface area contributed by atoms with E-state index in [1.54, 1.807) is 18.4 Å². The number of ether oxygens (including phenoxy) is 1. The van der Waals surface area contributed by atoms with E-state index in [1.807, 2.05) is 0 Å². The molecule has 18 heavy (non-hydrogen) atoms. The van der Waals surface area contributed by atoms with E-state index in [4.69, 9.17) is 4.74 Å². The van der Waals surface area contributed by atoms with Gasteiger partial charge in [0, 0.05) is 18.1 Å². The molecular weight excluding hydrogens is 342 g/mol. The highest BCUT2D eigenvalue weighted by Gasteiger charge is 2.25. The molecule has 5 nitrogen and oxygen atoms in total. The van der Waals surface area contributed by atoms with Crippen LogP contribution in [0.4, 0.5) is 0 Å². The largest absolute Gasteiger partial charge is 0.466 e. The zero-order valence-corrected chi connectivity index (χ0v) is 13.3. The van der Waals surface area contributed by atoms with Crippen LogP contribution >= 0.6 is 27.3 Å². The Balaban J connectivity index is 2.69. The molecule has 0 fully saturated rings. The second-order valence-corrected chi connectivity index (χ2v) is 7.45. The second-order valence-electron chi connectivity index (χ2n) is 3.44. The molecule has 0 amide bonds. The Labute approximate surface area is 119 Å². The number of esters is 1. The zero-order valence-electron chi connectivity index (χ0n) is 10.1. The summed E-state index contributed by atoms with van der Waals surface area (Å²) in [7, 11) is -2.09. The number of hydrogen-bond acceptors (Lipinski definition) is 5. The van der Waals surface area contributed by atoms with Crippen LogP contribution in [0.1, 0.15) is 13.3 Å². The van der Waals surface area contributed by atoms with E-state index >= 15 is 0 Å². The lowest BCUT2D eigenvalue weighted by Gasteiger charge is -2.15. The first-order valence-electron chi connectivity index (χ1n) is 5.24. The summed E-state index contributed by atoms with van der Waals surface area (Å²) < 4.78 is 31.0. The maximum Gasteiger partial charge on any atom is 0.307 e. The Bertz CT molecular complexity index is 512. The van der Waals surface area contributed by atoms with Crippen LogP contribution in [0.5, 0.6) is 0 Å². The normalized spacial score (nSPS) is 11.8. The first-order valence-corrected chi connectivity index (χ1v) is 8.35. The molecule has 1 rings (SSSR count). The molecule has 0 bridgehead atoms. The highest BCUT2D eigenvalue weighted by molar-refractivity contribution is 9.10. The SMILES string of the molecule is CCOC(=O)CCN(C)S(=O)(=O)c1sccc1Br. The Hall–Kier alpha value is -0.440. The molecule has 1 aromatic heterocycles. The Morgan fingerprint density at radius 1 is 1.56 bits per heavy atom. The van der Waals surface area contributed by atoms with Crippen molar-refractivity contribution in [2.45, 2.75) is 17.6 Å². The Morgan fingerprint density at radius 3 is 2.72 bits per heavy atom. The number of halogens is 1. The molecule has 0 spiro atoms. The number of thiophene rings is 1. The number of nitrogens with zero attached hydrogens (tertiary/aromatic N) is 1. The topological polar surface area (TPSA) is 63.7 Å². The third kappa shape index (κ3) is 3.78. The first-order chi connectivity index (χ1) is 8.39. The van der Waals surface area contributed by atoms with Crippen molar-refractivity contribution in [3.05, 3.63) is 15.9 Å². The van der Waals surface area contributed by atoms with Crippen LogP contribution in [-0.2, 0) is 19.6 Å². The molecule has 0 aromatic carbocycles. The van der Waals surface area contributed by atoms with Crippen LogP contribution in [0.15, 0.2) is 20.1 Å². The van der Waals surface area contributed by atoms with Gasteiger partial charge in [-0.15, -0.1) is 11.3 Å². The van der Waals surface area contributed by atoms with Gasteiger partial charge in [0.15, 0.2) is 0 Å². The van der Waals surface area contributed by atoms with Crippen molar-refractivity contribution in [1.82, 2.24) is 4.31 Å². The standard InChI is InChI=1S/C10H14BrNO4S2/c1-3-16-9(13)4-6-12(2)18(14,15)10-8(11)5-7-17-10/h5,7H,3-4,6H2,1-2H3. The van der Waals surface area contributed by atoms with Crippen molar-refractivity contribution in [2.24, 2.45) is 0 Å². The van der Waals surface area contributed by atoms with Gasteiger partial charge in [-0.3, -0.25) is 4.79 Å². The van der Waals surface area contributed by atoms with Crippen molar-refractivity contribution in [1.29, 1.82) is 0 Å². The summed E-state index contributed by atoms with van der Waals surface area (Å²) in [5, 5.41) is 1.69. The summed E-state index contributed by atoms with van der Waals surface area (Å²) in [5.41, 5.74) is 0. The molecule has 0 aliphatic rings. The van der Waals surface area contributed by atoms with Crippen LogP contribution in [0, 0.1) is 0 Å². The lowest BCUT2D eigenvalue weighted by atomic mass is 10.4. The van der Waals surface area contributed by atoms with Gasteiger partial charge < -0.3 is 4.74 Å². The van der Waals surface area contributed by atoms with Gasteiger partial charge in [-0.25, -0.2) is 8.42 Å². The van der Waals surface area contributed by atoms with E-state index in [0.29, 0.717) is 11.1 Å². The molecule has 102 valence electrons. The van der Waals surface area contributed by atoms with E-state index in [-0.39, 0.29) is 17.2 Å². The molecule has 0 atom stereocenters. The minimum Gasteiger partial charge on any atom is -0.466 e. The summed E-state index contributed by atoms with van der Waals surface area (Å²) in [6, 6.07) is 1.68. The fourth-order valence-corrected chi connectivity index (χ4v) is 4.88. The molecule has 0 saturated heterocycles. The summed E-state index contributed by atoms with van der Waals surface area (Å²) in [6.07, 6.45) is 0.0482. The zero-order chi connectivity index (χ0) is 13.8. The summed E-state index contributed by atoms with van der Waals surface area (Å²) in [4.78, 5) is 11.2. The van der Waals surface area contributed by atoms with Crippen LogP contribution < -0.4 is 0 Å². The number of carbonyl (C=O) groups is 1. The first kappa shape index (κ1) is 15.6. The molecule has 8 heteroatoms. The van der Waals surface area contributed by atoms with Gasteiger partial charge in [0.25, 0.3) is 10.0 Å². The lowest BCUT2D eigenvalue weighted by molar-refractivity contribution is -0.143. The van der Waals surface area contributed by atoms with Gasteiger partial charge in [-0.1, -0.05) is 0 Å². The molecule has 0 aliphatic heterocycles. The molecule has 0 unspecified atom stereocenters. The van der Waals surface area contributed by atoms with E-state index in [9.17, 15) is 13.2 Å². The minimum atomic E-state index is -3.54. The lowest BCUT2D eigenvalue weighted by Crippen LogP contribution is -2.29. The third-order valence-corrected chi connectivity index (χ3v) is 6.67. The minimum absolute atomic E-state index is 0.0482. The van der Waals surface area contributed by atoms with Gasteiger partial charge in [0.2, 0.25) is 0 Å². The quantitative estimate of drug-likeness (QED) is 0.732. The van der Waals surface area contributed by atoms with Crippen LogP contribution in [0.2, 0.25) is 0 Å². The van der Waals surface area contributed by atoms with Gasteiger partial charge in [-0.05, 0) is 34.3 Å². The maximum absolute atomic E-state index is 12.1. The van der Waals surface area contributed by atoms with E-state index in [0.717, 1.165) is 15.6 Å². The molecule has 1 heterocycles. The molecular formula is C10H14BrNO4S2. The van der Waals surface area contributed by atoms with Gasteiger partial charge >= 0.3 is 5.97 Å². The highest BCUT2D eigenvalue weighted by atomic mass is 79.9. The number of sulfonamides is 1. The van der Waals surface area contributed by atoms with Crippen LogP contribution in [0.3, 0.4) is 0 Å². The fraction of sp³-hybridized carbons (Fsp3) is 0.500. The molecule has 0 saturated carbocycles. The maximum atomic E-state index is 12.1. The predicted molar refractivity (Wildman–Crippen MR) is 73.1 cm³/mol.